The summed E-state index contributed by atoms with van der Waals surface area (Å²) in [5.41, 5.74) is 1.11. The summed E-state index contributed by atoms with van der Waals surface area (Å²) in [6, 6.07) is 7.82. The van der Waals surface area contributed by atoms with E-state index in [1.54, 1.807) is 24.4 Å². The van der Waals surface area contributed by atoms with Crippen molar-refractivity contribution in [3.63, 3.8) is 0 Å². The number of anilines is 1. The Bertz CT molecular complexity index is 1270. The van der Waals surface area contributed by atoms with Gasteiger partial charge in [-0.25, -0.2) is 9.37 Å². The van der Waals surface area contributed by atoms with Crippen LogP contribution in [-0.2, 0) is 0 Å². The molecule has 0 aliphatic carbocycles. The molecule has 0 atom stereocenters. The van der Waals surface area contributed by atoms with E-state index >= 15 is 0 Å². The first-order valence-electron chi connectivity index (χ1n) is 10.5. The molecule has 7 nitrogen and oxygen atoms in total. The third kappa shape index (κ3) is 4.13. The number of hydrogen-bond donors (Lipinski definition) is 2. The number of rotatable bonds is 7. The van der Waals surface area contributed by atoms with Crippen molar-refractivity contribution in [3.05, 3.63) is 42.3 Å². The van der Waals surface area contributed by atoms with Crippen molar-refractivity contribution in [2.45, 2.75) is 12.8 Å². The molecule has 1 aliphatic rings. The zero-order valence-electron chi connectivity index (χ0n) is 17.6. The van der Waals surface area contributed by atoms with E-state index in [1.165, 1.54) is 43.4 Å². The molecule has 1 fully saturated rings. The molecule has 166 valence electrons. The molecule has 0 spiro atoms. The molecule has 9 heteroatoms. The zero-order valence-corrected chi connectivity index (χ0v) is 18.4. The number of ether oxygens (including phenoxy) is 2. The number of nitrogens with one attached hydrogen (secondary N) is 1. The maximum absolute atomic E-state index is 14.8. The van der Waals surface area contributed by atoms with E-state index in [0.29, 0.717) is 27.9 Å². The standard InChI is InChI=1S/C23H23FN4O3S/c1-30-21-10-14-16(12-18(21)29)25-5-4-19(14)31-20-13-22-17(11-15(20)24)27-23(32-22)26-6-9-28-7-2-3-8-28/h4-5,10-13,29H,2-3,6-9H2,1H3,(H,26,27). The number of thiazole rings is 1. The third-order valence-electron chi connectivity index (χ3n) is 5.57. The van der Waals surface area contributed by atoms with E-state index in [4.69, 9.17) is 9.47 Å². The van der Waals surface area contributed by atoms with Gasteiger partial charge >= 0.3 is 0 Å². The van der Waals surface area contributed by atoms with Crippen LogP contribution in [0.15, 0.2) is 36.5 Å². The number of aromatic nitrogens is 2. The maximum atomic E-state index is 14.8. The summed E-state index contributed by atoms with van der Waals surface area (Å²) in [6.45, 7) is 4.10. The van der Waals surface area contributed by atoms with Gasteiger partial charge in [-0.15, -0.1) is 0 Å². The van der Waals surface area contributed by atoms with Crippen LogP contribution in [-0.4, -0.2) is 53.3 Å². The van der Waals surface area contributed by atoms with Crippen molar-refractivity contribution < 1.29 is 19.0 Å². The number of phenolic OH excluding ortho intramolecular Hbond substituents is 1. The summed E-state index contributed by atoms with van der Waals surface area (Å²) in [4.78, 5) is 11.2. The second kappa shape index (κ2) is 8.76. The second-order valence-corrected chi connectivity index (χ2v) is 8.73. The largest absolute Gasteiger partial charge is 0.504 e. The first-order chi connectivity index (χ1) is 15.6. The van der Waals surface area contributed by atoms with Crippen molar-refractivity contribution in [1.82, 2.24) is 14.9 Å². The summed E-state index contributed by atoms with van der Waals surface area (Å²) in [7, 11) is 1.46. The van der Waals surface area contributed by atoms with Crippen LogP contribution in [0, 0.1) is 5.82 Å². The molecule has 2 N–H and O–H groups in total. The van der Waals surface area contributed by atoms with Crippen LogP contribution in [0.25, 0.3) is 21.1 Å². The van der Waals surface area contributed by atoms with Crippen LogP contribution in [0.1, 0.15) is 12.8 Å². The first kappa shape index (κ1) is 20.7. The Morgan fingerprint density at radius 2 is 1.97 bits per heavy atom. The molecule has 2 aromatic carbocycles. The van der Waals surface area contributed by atoms with Gasteiger partial charge in [0, 0.05) is 42.9 Å². The molecule has 2 aromatic heterocycles. The quantitative estimate of drug-likeness (QED) is 0.407. The average molecular weight is 455 g/mol. The molecule has 3 heterocycles. The van der Waals surface area contributed by atoms with Gasteiger partial charge < -0.3 is 24.8 Å². The van der Waals surface area contributed by atoms with E-state index in [9.17, 15) is 9.50 Å². The van der Waals surface area contributed by atoms with Gasteiger partial charge in [-0.1, -0.05) is 11.3 Å². The molecule has 32 heavy (non-hydrogen) atoms. The molecule has 5 rings (SSSR count). The predicted molar refractivity (Wildman–Crippen MR) is 124 cm³/mol. The number of aromatic hydroxyl groups is 1. The topological polar surface area (TPSA) is 79.7 Å². The molecular formula is C23H23FN4O3S. The Balaban J connectivity index is 1.39. The number of hydrogen-bond acceptors (Lipinski definition) is 8. The van der Waals surface area contributed by atoms with E-state index in [2.05, 4.69) is 20.2 Å². The van der Waals surface area contributed by atoms with E-state index in [0.717, 1.165) is 36.0 Å². The van der Waals surface area contributed by atoms with Crippen LogP contribution in [0.2, 0.25) is 0 Å². The third-order valence-corrected chi connectivity index (χ3v) is 6.54. The van der Waals surface area contributed by atoms with Gasteiger partial charge in [-0.3, -0.25) is 4.98 Å². The Morgan fingerprint density at radius 3 is 2.78 bits per heavy atom. The minimum absolute atomic E-state index is 0.0216. The second-order valence-electron chi connectivity index (χ2n) is 7.70. The smallest absolute Gasteiger partial charge is 0.183 e. The number of nitrogens with zero attached hydrogens (tertiary/aromatic N) is 3. The van der Waals surface area contributed by atoms with Crippen molar-refractivity contribution in [2.75, 3.05) is 38.6 Å². The highest BCUT2D eigenvalue weighted by Gasteiger charge is 2.15. The Kier molecular flexibility index (Phi) is 5.67. The fourth-order valence-corrected chi connectivity index (χ4v) is 4.82. The molecule has 4 aromatic rings. The summed E-state index contributed by atoms with van der Waals surface area (Å²) in [5.74, 6) is 0.288. The first-order valence-corrected chi connectivity index (χ1v) is 11.3. The molecule has 0 amide bonds. The molecule has 0 unspecified atom stereocenters. The van der Waals surface area contributed by atoms with Crippen LogP contribution in [0.3, 0.4) is 0 Å². The fraction of sp³-hybridized carbons (Fsp3) is 0.304. The lowest BCUT2D eigenvalue weighted by Crippen LogP contribution is -2.25. The summed E-state index contributed by atoms with van der Waals surface area (Å²) >= 11 is 1.47. The minimum Gasteiger partial charge on any atom is -0.504 e. The van der Waals surface area contributed by atoms with Crippen LogP contribution in [0.4, 0.5) is 9.52 Å². The number of pyridine rings is 1. The van der Waals surface area contributed by atoms with Gasteiger partial charge in [0.1, 0.15) is 5.75 Å². The monoisotopic (exact) mass is 454 g/mol. The summed E-state index contributed by atoms with van der Waals surface area (Å²) in [5, 5.41) is 14.7. The lowest BCUT2D eigenvalue weighted by Gasteiger charge is -2.13. The van der Waals surface area contributed by atoms with Gasteiger partial charge in [0.2, 0.25) is 0 Å². The van der Waals surface area contributed by atoms with E-state index in [-0.39, 0.29) is 11.5 Å². The summed E-state index contributed by atoms with van der Waals surface area (Å²) in [6.07, 6.45) is 4.09. The van der Waals surface area contributed by atoms with E-state index in [1.807, 2.05) is 0 Å². The highest BCUT2D eigenvalue weighted by Crippen LogP contribution is 2.38. The highest BCUT2D eigenvalue weighted by molar-refractivity contribution is 7.22. The van der Waals surface area contributed by atoms with Crippen LogP contribution < -0.4 is 14.8 Å². The number of methoxy groups -OCH3 is 1. The van der Waals surface area contributed by atoms with Crippen molar-refractivity contribution in [3.8, 4) is 23.0 Å². The van der Waals surface area contributed by atoms with Crippen molar-refractivity contribution >= 4 is 37.6 Å². The molecule has 0 bridgehead atoms. The lowest BCUT2D eigenvalue weighted by atomic mass is 10.2. The van der Waals surface area contributed by atoms with Crippen molar-refractivity contribution in [1.29, 1.82) is 0 Å². The number of benzene rings is 2. The molecule has 0 radical (unpaired) electrons. The Hall–Kier alpha value is -3.17. The zero-order chi connectivity index (χ0) is 22.1. The van der Waals surface area contributed by atoms with Gasteiger partial charge in [0.05, 0.1) is 22.8 Å². The Labute approximate surface area is 188 Å². The maximum Gasteiger partial charge on any atom is 0.183 e. The number of phenols is 1. The molecule has 1 saturated heterocycles. The minimum atomic E-state index is -0.498. The number of likely N-dealkylation sites (tertiary alicyclic amines) is 1. The van der Waals surface area contributed by atoms with Crippen LogP contribution >= 0.6 is 11.3 Å². The average Bonchev–Trinajstić information content (AvgIpc) is 3.43. The number of halogens is 1. The van der Waals surface area contributed by atoms with Gasteiger partial charge in [0.15, 0.2) is 28.2 Å². The normalized spacial score (nSPS) is 14.3. The molecular weight excluding hydrogens is 431 g/mol. The summed E-state index contributed by atoms with van der Waals surface area (Å²) < 4.78 is 26.8. The Morgan fingerprint density at radius 1 is 1.12 bits per heavy atom. The number of fused-ring (bicyclic) bond motifs is 2. The van der Waals surface area contributed by atoms with E-state index < -0.39 is 5.82 Å². The SMILES string of the molecule is COc1cc2c(Oc3cc4sc(NCCN5CCCC5)nc4cc3F)ccnc2cc1O. The van der Waals surface area contributed by atoms with Gasteiger partial charge in [-0.05, 0) is 38.1 Å². The van der Waals surface area contributed by atoms with Gasteiger partial charge in [-0.2, -0.15) is 0 Å². The van der Waals surface area contributed by atoms with Gasteiger partial charge in [0.25, 0.3) is 0 Å². The lowest BCUT2D eigenvalue weighted by molar-refractivity contribution is 0.352. The van der Waals surface area contributed by atoms with Crippen LogP contribution in [0.5, 0.6) is 23.0 Å². The molecule has 1 aliphatic heterocycles. The highest BCUT2D eigenvalue weighted by atomic mass is 32.1. The molecule has 0 saturated carbocycles. The van der Waals surface area contributed by atoms with Crippen molar-refractivity contribution in [2.24, 2.45) is 0 Å². The fourth-order valence-electron chi connectivity index (χ4n) is 3.92. The predicted octanol–water partition coefficient (Wildman–Crippen LogP) is 5.00.